The number of benzene rings is 1. The number of aromatic nitrogens is 1. The highest BCUT2D eigenvalue weighted by molar-refractivity contribution is 5.85. The fourth-order valence-electron chi connectivity index (χ4n) is 3.51. The van der Waals surface area contributed by atoms with Crippen molar-refractivity contribution in [1.82, 2.24) is 10.3 Å². The molecule has 1 saturated heterocycles. The number of fused-ring (bicyclic) bond motifs is 3. The maximum Gasteiger partial charge on any atom is 0.0740 e. The topological polar surface area (TPSA) is 37.0 Å². The summed E-state index contributed by atoms with van der Waals surface area (Å²) in [5, 5.41) is 4.99. The highest BCUT2D eigenvalue weighted by Gasteiger charge is 2.30. The molecule has 4 rings (SSSR count). The molecule has 1 fully saturated rings. The Morgan fingerprint density at radius 1 is 1.32 bits per heavy atom. The van der Waals surface area contributed by atoms with E-state index >= 15 is 0 Å². The molecule has 1 atom stereocenters. The molecule has 1 unspecified atom stereocenters. The smallest absolute Gasteiger partial charge is 0.0740 e. The largest absolute Gasteiger partial charge is 0.376 e. The monoisotopic (exact) mass is 256 g/mol. The molecule has 2 N–H and O–H groups in total. The van der Waals surface area contributed by atoms with Gasteiger partial charge in [-0.1, -0.05) is 6.07 Å². The van der Waals surface area contributed by atoms with Crippen LogP contribution in [0.1, 0.15) is 36.6 Å². The third-order valence-electron chi connectivity index (χ3n) is 4.74. The minimum atomic E-state index is 0.147. The average molecular weight is 256 g/mol. The lowest BCUT2D eigenvalue weighted by Gasteiger charge is -2.25. The second kappa shape index (κ2) is 4.09. The van der Waals surface area contributed by atoms with Gasteiger partial charge in [-0.2, -0.15) is 0 Å². The Kier molecular flexibility index (Phi) is 2.47. The second-order valence-electron chi connectivity index (χ2n) is 6.01. The first kappa shape index (κ1) is 11.5. The van der Waals surface area contributed by atoms with Crippen molar-refractivity contribution in [2.45, 2.75) is 38.3 Å². The van der Waals surface area contributed by atoms with Crippen LogP contribution in [0.15, 0.2) is 18.2 Å². The van der Waals surface area contributed by atoms with E-state index < -0.39 is 0 Å². The molecule has 0 aliphatic carbocycles. The molecule has 100 valence electrons. The Hall–Kier alpha value is -1.32. The Morgan fingerprint density at radius 3 is 3.11 bits per heavy atom. The van der Waals surface area contributed by atoms with Crippen LogP contribution in [-0.2, 0) is 23.3 Å². The quantitative estimate of drug-likeness (QED) is 0.823. The van der Waals surface area contributed by atoms with Crippen molar-refractivity contribution in [1.29, 1.82) is 0 Å². The first-order valence-electron chi connectivity index (χ1n) is 7.23. The van der Waals surface area contributed by atoms with Crippen molar-refractivity contribution in [3.63, 3.8) is 0 Å². The molecule has 2 aliphatic heterocycles. The molecule has 2 aliphatic rings. The molecular weight excluding hydrogens is 236 g/mol. The zero-order chi connectivity index (χ0) is 12.9. The normalized spacial score (nSPS) is 26.8. The molecule has 3 heteroatoms. The van der Waals surface area contributed by atoms with Crippen molar-refractivity contribution in [2.75, 3.05) is 13.2 Å². The van der Waals surface area contributed by atoms with Crippen LogP contribution >= 0.6 is 0 Å². The predicted molar refractivity (Wildman–Crippen MR) is 76.2 cm³/mol. The molecule has 1 aromatic carbocycles. The van der Waals surface area contributed by atoms with E-state index in [0.717, 1.165) is 26.2 Å². The van der Waals surface area contributed by atoms with Crippen LogP contribution in [0.25, 0.3) is 10.9 Å². The van der Waals surface area contributed by atoms with Gasteiger partial charge in [-0.3, -0.25) is 0 Å². The number of hydrogen-bond donors (Lipinski definition) is 2. The van der Waals surface area contributed by atoms with E-state index in [0.29, 0.717) is 0 Å². The van der Waals surface area contributed by atoms with Crippen LogP contribution in [0.2, 0.25) is 0 Å². The van der Waals surface area contributed by atoms with E-state index in [4.69, 9.17) is 4.74 Å². The minimum absolute atomic E-state index is 0.147. The van der Waals surface area contributed by atoms with Gasteiger partial charge in [0.2, 0.25) is 0 Å². The van der Waals surface area contributed by atoms with Crippen molar-refractivity contribution < 1.29 is 4.74 Å². The van der Waals surface area contributed by atoms with Crippen LogP contribution in [0.4, 0.5) is 0 Å². The molecule has 1 aromatic heterocycles. The van der Waals surface area contributed by atoms with Gasteiger partial charge in [0.15, 0.2) is 0 Å². The van der Waals surface area contributed by atoms with Gasteiger partial charge < -0.3 is 15.0 Å². The first-order valence-corrected chi connectivity index (χ1v) is 7.23. The van der Waals surface area contributed by atoms with E-state index in [1.165, 1.54) is 40.6 Å². The Balaban J connectivity index is 1.86. The highest BCUT2D eigenvalue weighted by Crippen LogP contribution is 2.34. The third-order valence-corrected chi connectivity index (χ3v) is 4.74. The van der Waals surface area contributed by atoms with Crippen LogP contribution in [0.3, 0.4) is 0 Å². The summed E-state index contributed by atoms with van der Waals surface area (Å²) in [4.78, 5) is 3.55. The van der Waals surface area contributed by atoms with Gasteiger partial charge in [-0.25, -0.2) is 0 Å². The zero-order valence-corrected chi connectivity index (χ0v) is 11.4. The van der Waals surface area contributed by atoms with Gasteiger partial charge in [0.1, 0.15) is 0 Å². The number of aromatic amines is 1. The van der Waals surface area contributed by atoms with Gasteiger partial charge in [-0.05, 0) is 44.0 Å². The van der Waals surface area contributed by atoms with E-state index in [2.05, 4.69) is 35.4 Å². The molecule has 0 radical (unpaired) electrons. The van der Waals surface area contributed by atoms with E-state index in [1.54, 1.807) is 0 Å². The lowest BCUT2D eigenvalue weighted by Crippen LogP contribution is -2.32. The molecule has 0 saturated carbocycles. The fraction of sp³-hybridized carbons (Fsp3) is 0.500. The Morgan fingerprint density at radius 2 is 2.26 bits per heavy atom. The van der Waals surface area contributed by atoms with E-state index in [9.17, 15) is 0 Å². The van der Waals surface area contributed by atoms with Crippen LogP contribution in [-0.4, -0.2) is 18.1 Å². The Bertz CT molecular complexity index is 623. The molecule has 3 heterocycles. The lowest BCUT2D eigenvalue weighted by atomic mass is 9.89. The molecule has 0 spiro atoms. The van der Waals surface area contributed by atoms with Gasteiger partial charge >= 0.3 is 0 Å². The number of H-pyrrole nitrogens is 1. The summed E-state index contributed by atoms with van der Waals surface area (Å²) in [5.41, 5.74) is 5.53. The van der Waals surface area contributed by atoms with Crippen molar-refractivity contribution in [3.8, 4) is 0 Å². The maximum atomic E-state index is 5.62. The number of nitrogens with one attached hydrogen (secondary N) is 2. The molecule has 2 aromatic rings. The Labute approximate surface area is 113 Å². The SMILES string of the molecule is CC1(c2ccc3[nH]c4c(c3c2)COCC4)CCCN1. The molecular formula is C16H20N2O. The van der Waals surface area contributed by atoms with Crippen LogP contribution in [0, 0.1) is 0 Å². The number of hydrogen-bond acceptors (Lipinski definition) is 2. The summed E-state index contributed by atoms with van der Waals surface area (Å²) in [6, 6.07) is 6.86. The van der Waals surface area contributed by atoms with Crippen molar-refractivity contribution in [3.05, 3.63) is 35.0 Å². The van der Waals surface area contributed by atoms with Crippen molar-refractivity contribution >= 4 is 10.9 Å². The summed E-state index contributed by atoms with van der Waals surface area (Å²) in [5.74, 6) is 0. The number of ether oxygens (including phenoxy) is 1. The van der Waals surface area contributed by atoms with Gasteiger partial charge in [0, 0.05) is 34.1 Å². The molecule has 19 heavy (non-hydrogen) atoms. The van der Waals surface area contributed by atoms with Gasteiger partial charge in [-0.15, -0.1) is 0 Å². The third kappa shape index (κ3) is 1.72. The minimum Gasteiger partial charge on any atom is -0.376 e. The van der Waals surface area contributed by atoms with Crippen LogP contribution < -0.4 is 5.32 Å². The molecule has 3 nitrogen and oxygen atoms in total. The molecule has 0 amide bonds. The average Bonchev–Trinajstić information content (AvgIpc) is 3.02. The maximum absolute atomic E-state index is 5.62. The second-order valence-corrected chi connectivity index (χ2v) is 6.01. The summed E-state index contributed by atoms with van der Waals surface area (Å²) < 4.78 is 5.62. The standard InChI is InChI=1S/C16H20N2O/c1-16(6-2-7-17-16)11-3-4-14-12(9-11)13-10-19-8-5-15(13)18-14/h3-4,9,17-18H,2,5-8,10H2,1H3. The lowest BCUT2D eigenvalue weighted by molar-refractivity contribution is 0.111. The summed E-state index contributed by atoms with van der Waals surface area (Å²) in [6.45, 7) is 5.04. The number of rotatable bonds is 1. The van der Waals surface area contributed by atoms with Gasteiger partial charge in [0.25, 0.3) is 0 Å². The summed E-state index contributed by atoms with van der Waals surface area (Å²) >= 11 is 0. The highest BCUT2D eigenvalue weighted by atomic mass is 16.5. The summed E-state index contributed by atoms with van der Waals surface area (Å²) in [7, 11) is 0. The van der Waals surface area contributed by atoms with Crippen LogP contribution in [0.5, 0.6) is 0 Å². The van der Waals surface area contributed by atoms with E-state index in [-0.39, 0.29) is 5.54 Å². The molecule has 0 bridgehead atoms. The van der Waals surface area contributed by atoms with Crippen molar-refractivity contribution in [2.24, 2.45) is 0 Å². The van der Waals surface area contributed by atoms with Gasteiger partial charge in [0.05, 0.1) is 13.2 Å². The summed E-state index contributed by atoms with van der Waals surface area (Å²) in [6.07, 6.45) is 3.50. The fourth-order valence-corrected chi connectivity index (χ4v) is 3.51. The first-order chi connectivity index (χ1) is 9.26. The van der Waals surface area contributed by atoms with E-state index in [1.807, 2.05) is 0 Å². The predicted octanol–water partition coefficient (Wildman–Crippen LogP) is 2.84. The zero-order valence-electron chi connectivity index (χ0n) is 11.4.